The highest BCUT2D eigenvalue weighted by Gasteiger charge is 2.29. The van der Waals surface area contributed by atoms with Crippen LogP contribution in [0.4, 0.5) is 13.2 Å². The summed E-state index contributed by atoms with van der Waals surface area (Å²) in [6.45, 7) is 1.76. The summed E-state index contributed by atoms with van der Waals surface area (Å²) in [5, 5.41) is 4.59. The molecule has 1 unspecified atom stereocenters. The van der Waals surface area contributed by atoms with Gasteiger partial charge in [0.1, 0.15) is 5.82 Å². The zero-order valence-corrected chi connectivity index (χ0v) is 16.8. The van der Waals surface area contributed by atoms with Gasteiger partial charge in [0.15, 0.2) is 17.3 Å². The van der Waals surface area contributed by atoms with Crippen molar-refractivity contribution in [2.24, 2.45) is 0 Å². The minimum Gasteiger partial charge on any atom is -0.334 e. The number of benzene rings is 2. The topological polar surface area (TPSA) is 38.1 Å². The van der Waals surface area contributed by atoms with Gasteiger partial charge in [0.25, 0.3) is 5.91 Å². The van der Waals surface area contributed by atoms with Crippen molar-refractivity contribution < 1.29 is 18.0 Å². The molecule has 0 saturated carbocycles. The van der Waals surface area contributed by atoms with Crippen molar-refractivity contribution in [3.63, 3.8) is 0 Å². The highest BCUT2D eigenvalue weighted by molar-refractivity contribution is 5.94. The molecule has 1 atom stereocenters. The van der Waals surface area contributed by atoms with E-state index in [1.165, 1.54) is 23.1 Å². The average Bonchev–Trinajstić information content (AvgIpc) is 3.14. The Morgan fingerprint density at radius 2 is 1.73 bits per heavy atom. The van der Waals surface area contributed by atoms with Gasteiger partial charge in [-0.25, -0.2) is 17.9 Å². The van der Waals surface area contributed by atoms with Crippen LogP contribution in [0.3, 0.4) is 0 Å². The number of carbonyl (C=O) groups excluding carboxylic acids is 1. The highest BCUT2D eigenvalue weighted by Crippen LogP contribution is 2.29. The number of carbonyl (C=O) groups is 1. The van der Waals surface area contributed by atoms with Crippen LogP contribution in [0, 0.1) is 17.5 Å². The summed E-state index contributed by atoms with van der Waals surface area (Å²) in [5.74, 6) is -2.49. The molecule has 7 heteroatoms. The zero-order chi connectivity index (χ0) is 21.4. The van der Waals surface area contributed by atoms with E-state index in [-0.39, 0.29) is 11.7 Å². The van der Waals surface area contributed by atoms with Crippen molar-refractivity contribution >= 4 is 5.91 Å². The second kappa shape index (κ2) is 7.97. The number of halogens is 3. The van der Waals surface area contributed by atoms with Gasteiger partial charge >= 0.3 is 0 Å². The number of nitrogens with zero attached hydrogens (tertiary/aromatic N) is 3. The molecule has 1 amide bonds. The molecule has 4 nitrogen and oxygen atoms in total. The summed E-state index contributed by atoms with van der Waals surface area (Å²) in [7, 11) is 1.63. The molecule has 0 saturated heterocycles. The van der Waals surface area contributed by atoms with E-state index in [0.717, 1.165) is 49.1 Å². The van der Waals surface area contributed by atoms with Gasteiger partial charge < -0.3 is 4.90 Å². The summed E-state index contributed by atoms with van der Waals surface area (Å²) in [5.41, 5.74) is 3.41. The van der Waals surface area contributed by atoms with E-state index in [0.29, 0.717) is 16.9 Å². The van der Waals surface area contributed by atoms with Crippen LogP contribution >= 0.6 is 0 Å². The molecule has 0 spiro atoms. The summed E-state index contributed by atoms with van der Waals surface area (Å²) in [6, 6.07) is 9.18. The fraction of sp³-hybridized carbons (Fsp3) is 0.304. The zero-order valence-electron chi connectivity index (χ0n) is 16.8. The van der Waals surface area contributed by atoms with Crippen molar-refractivity contribution in [3.05, 3.63) is 82.4 Å². The number of aromatic nitrogens is 2. The van der Waals surface area contributed by atoms with Gasteiger partial charge in [-0.15, -0.1) is 0 Å². The summed E-state index contributed by atoms with van der Waals surface area (Å²) < 4.78 is 42.0. The van der Waals surface area contributed by atoms with Gasteiger partial charge in [-0.3, -0.25) is 4.79 Å². The van der Waals surface area contributed by atoms with E-state index in [9.17, 15) is 18.0 Å². The molecule has 4 rings (SSSR count). The van der Waals surface area contributed by atoms with E-state index >= 15 is 0 Å². The number of hydrogen-bond acceptors (Lipinski definition) is 2. The van der Waals surface area contributed by atoms with Crippen LogP contribution in [0.5, 0.6) is 0 Å². The molecule has 30 heavy (non-hydrogen) atoms. The molecular weight excluding hydrogens is 391 g/mol. The molecule has 2 aromatic carbocycles. The van der Waals surface area contributed by atoms with Gasteiger partial charge in [0.05, 0.1) is 11.7 Å². The van der Waals surface area contributed by atoms with Crippen LogP contribution in [-0.4, -0.2) is 27.6 Å². The molecule has 0 bridgehead atoms. The third-order valence-electron chi connectivity index (χ3n) is 5.78. The summed E-state index contributed by atoms with van der Waals surface area (Å²) >= 11 is 0. The normalized spacial score (nSPS) is 14.3. The first-order valence-corrected chi connectivity index (χ1v) is 9.95. The number of amides is 1. The van der Waals surface area contributed by atoms with Crippen molar-refractivity contribution in [1.82, 2.24) is 14.7 Å². The maximum Gasteiger partial charge on any atom is 0.274 e. The maximum absolute atomic E-state index is 13.7. The standard InChI is InChI=1S/C23H22F3N3O/c1-14(15-7-12-19(25)20(26)13-15)28(2)23(30)22-18-5-3-4-6-21(18)29(27-22)17-10-8-16(24)9-11-17/h7-14H,3-6H2,1-2H3. The van der Waals surface area contributed by atoms with Gasteiger partial charge in [0, 0.05) is 18.3 Å². The average molecular weight is 413 g/mol. The van der Waals surface area contributed by atoms with E-state index in [2.05, 4.69) is 5.10 Å². The largest absolute Gasteiger partial charge is 0.334 e. The highest BCUT2D eigenvalue weighted by atomic mass is 19.2. The Morgan fingerprint density at radius 3 is 2.43 bits per heavy atom. The predicted octanol–water partition coefficient (Wildman–Crippen LogP) is 5.00. The monoisotopic (exact) mass is 413 g/mol. The van der Waals surface area contributed by atoms with Crippen LogP contribution < -0.4 is 0 Å². The number of rotatable bonds is 4. The number of hydrogen-bond donors (Lipinski definition) is 0. The van der Waals surface area contributed by atoms with Gasteiger partial charge in [-0.1, -0.05) is 6.07 Å². The first-order valence-electron chi connectivity index (χ1n) is 9.95. The first-order chi connectivity index (χ1) is 14.4. The number of fused-ring (bicyclic) bond motifs is 1. The lowest BCUT2D eigenvalue weighted by atomic mass is 9.95. The molecule has 1 aliphatic rings. The van der Waals surface area contributed by atoms with E-state index in [4.69, 9.17) is 0 Å². The Balaban J connectivity index is 1.69. The summed E-state index contributed by atoms with van der Waals surface area (Å²) in [4.78, 5) is 14.8. The fourth-order valence-electron chi connectivity index (χ4n) is 3.91. The van der Waals surface area contributed by atoms with E-state index < -0.39 is 17.7 Å². The predicted molar refractivity (Wildman–Crippen MR) is 107 cm³/mol. The SMILES string of the molecule is CC(c1ccc(F)c(F)c1)N(C)C(=O)c1nn(-c2ccc(F)cc2)c2c1CCCC2. The molecular formula is C23H22F3N3O. The van der Waals surface area contributed by atoms with Crippen molar-refractivity contribution in [3.8, 4) is 5.69 Å². The molecule has 3 aromatic rings. The Bertz CT molecular complexity index is 1090. The Hall–Kier alpha value is -3.09. The van der Waals surface area contributed by atoms with Crippen molar-refractivity contribution in [1.29, 1.82) is 0 Å². The van der Waals surface area contributed by atoms with Crippen molar-refractivity contribution in [2.75, 3.05) is 7.05 Å². The lowest BCUT2D eigenvalue weighted by Crippen LogP contribution is -2.31. The second-order valence-corrected chi connectivity index (χ2v) is 7.63. The minimum atomic E-state index is -0.946. The van der Waals surface area contributed by atoms with E-state index in [1.807, 2.05) is 0 Å². The Labute approximate surface area is 172 Å². The lowest BCUT2D eigenvalue weighted by Gasteiger charge is -2.25. The smallest absolute Gasteiger partial charge is 0.274 e. The Kier molecular flexibility index (Phi) is 5.37. The fourth-order valence-corrected chi connectivity index (χ4v) is 3.91. The van der Waals surface area contributed by atoms with Crippen LogP contribution in [0.25, 0.3) is 5.69 Å². The van der Waals surface area contributed by atoms with Gasteiger partial charge in [-0.2, -0.15) is 5.10 Å². The van der Waals surface area contributed by atoms with Crippen molar-refractivity contribution in [2.45, 2.75) is 38.6 Å². The third kappa shape index (κ3) is 3.60. The molecule has 0 N–H and O–H groups in total. The third-order valence-corrected chi connectivity index (χ3v) is 5.78. The van der Waals surface area contributed by atoms with Gasteiger partial charge in [-0.05, 0) is 74.6 Å². The first kappa shape index (κ1) is 20.2. The maximum atomic E-state index is 13.7. The summed E-state index contributed by atoms with van der Waals surface area (Å²) in [6.07, 6.45) is 3.49. The molecule has 0 aliphatic heterocycles. The van der Waals surface area contributed by atoms with Crippen LogP contribution in [-0.2, 0) is 12.8 Å². The van der Waals surface area contributed by atoms with E-state index in [1.54, 1.807) is 30.8 Å². The second-order valence-electron chi connectivity index (χ2n) is 7.63. The Morgan fingerprint density at radius 1 is 1.03 bits per heavy atom. The molecule has 1 heterocycles. The van der Waals surface area contributed by atoms with Crippen LogP contribution in [0.2, 0.25) is 0 Å². The minimum absolute atomic E-state index is 0.286. The lowest BCUT2D eigenvalue weighted by molar-refractivity contribution is 0.0734. The molecule has 0 fully saturated rings. The van der Waals surface area contributed by atoms with Crippen LogP contribution in [0.1, 0.15) is 53.1 Å². The molecule has 1 aromatic heterocycles. The molecule has 0 radical (unpaired) electrons. The van der Waals surface area contributed by atoms with Crippen LogP contribution in [0.15, 0.2) is 42.5 Å². The molecule has 1 aliphatic carbocycles. The quantitative estimate of drug-likeness (QED) is 0.604. The van der Waals surface area contributed by atoms with Gasteiger partial charge in [0.2, 0.25) is 0 Å². The molecule has 156 valence electrons.